The number of rotatable bonds is 9. The van der Waals surface area contributed by atoms with Crippen molar-refractivity contribution in [3.8, 4) is 29.1 Å². The molecule has 0 aliphatic rings. The average Bonchev–Trinajstić information content (AvgIpc) is 2.88. The zero-order valence-electron chi connectivity index (χ0n) is 19.0. The van der Waals surface area contributed by atoms with Gasteiger partial charge in [-0.15, -0.1) is 0 Å². The summed E-state index contributed by atoms with van der Waals surface area (Å²) in [5.74, 6) is -0.0400. The molecular weight excluding hydrogens is 472 g/mol. The maximum absolute atomic E-state index is 12.5. The quantitative estimate of drug-likeness (QED) is 0.191. The van der Waals surface area contributed by atoms with Gasteiger partial charge in [-0.25, -0.2) is 0 Å². The molecule has 1 amide bonds. The number of non-ortho nitro benzene ring substituents is 1. The molecule has 3 aromatic carbocycles. The van der Waals surface area contributed by atoms with Crippen molar-refractivity contribution in [2.24, 2.45) is 0 Å². The van der Waals surface area contributed by atoms with Crippen molar-refractivity contribution in [1.29, 1.82) is 5.26 Å². The van der Waals surface area contributed by atoms with Crippen LogP contribution in [0.4, 0.5) is 17.1 Å². The first-order valence-corrected chi connectivity index (χ1v) is 10.1. The fourth-order valence-electron chi connectivity index (χ4n) is 3.01. The lowest BCUT2D eigenvalue weighted by Gasteiger charge is -2.11. The third-order valence-corrected chi connectivity index (χ3v) is 4.78. The number of nitriles is 1. The Morgan fingerprint density at radius 2 is 1.61 bits per heavy atom. The first kappa shape index (κ1) is 25.2. The first-order valence-electron chi connectivity index (χ1n) is 10.1. The fraction of sp³-hybridized carbons (Fsp3) is 0.0833. The number of nitro groups is 2. The molecule has 12 nitrogen and oxygen atoms in total. The number of methoxy groups -OCH3 is 2. The number of carbonyl (C=O) groups excluding carboxylic acids is 1. The van der Waals surface area contributed by atoms with E-state index in [0.717, 1.165) is 18.2 Å². The van der Waals surface area contributed by atoms with Gasteiger partial charge >= 0.3 is 5.69 Å². The number of benzene rings is 3. The van der Waals surface area contributed by atoms with Crippen LogP contribution in [0.25, 0.3) is 6.08 Å². The summed E-state index contributed by atoms with van der Waals surface area (Å²) in [5, 5.41) is 34.4. The molecule has 0 atom stereocenters. The molecular formula is C24H18N4O8. The number of nitrogens with one attached hydrogen (secondary N) is 1. The number of ether oxygens (including phenoxy) is 3. The topological polar surface area (TPSA) is 167 Å². The molecule has 0 radical (unpaired) electrons. The first-order chi connectivity index (χ1) is 17.2. The second-order valence-electron chi connectivity index (χ2n) is 7.03. The normalized spacial score (nSPS) is 10.6. The number of amides is 1. The van der Waals surface area contributed by atoms with E-state index in [1.54, 1.807) is 24.3 Å². The molecule has 0 spiro atoms. The van der Waals surface area contributed by atoms with Gasteiger partial charge in [-0.05, 0) is 54.1 Å². The predicted octanol–water partition coefficient (Wildman–Crippen LogP) is 4.86. The van der Waals surface area contributed by atoms with E-state index < -0.39 is 27.1 Å². The Balaban J connectivity index is 1.86. The molecule has 0 unspecified atom stereocenters. The van der Waals surface area contributed by atoms with Crippen molar-refractivity contribution in [2.45, 2.75) is 0 Å². The average molecular weight is 490 g/mol. The highest BCUT2D eigenvalue weighted by molar-refractivity contribution is 6.09. The van der Waals surface area contributed by atoms with Crippen LogP contribution in [0.1, 0.15) is 5.56 Å². The summed E-state index contributed by atoms with van der Waals surface area (Å²) in [6.45, 7) is 0. The predicted molar refractivity (Wildman–Crippen MR) is 128 cm³/mol. The summed E-state index contributed by atoms with van der Waals surface area (Å²) in [4.78, 5) is 33.3. The maximum Gasteiger partial charge on any atom is 0.318 e. The smallest absolute Gasteiger partial charge is 0.318 e. The molecule has 3 aromatic rings. The van der Waals surface area contributed by atoms with E-state index in [2.05, 4.69) is 5.32 Å². The van der Waals surface area contributed by atoms with Gasteiger partial charge in [0.1, 0.15) is 17.4 Å². The van der Waals surface area contributed by atoms with Crippen molar-refractivity contribution >= 4 is 29.0 Å². The van der Waals surface area contributed by atoms with Gasteiger partial charge in [-0.1, -0.05) is 6.07 Å². The van der Waals surface area contributed by atoms with Crippen LogP contribution in [0.5, 0.6) is 23.0 Å². The minimum Gasteiger partial charge on any atom is -0.497 e. The van der Waals surface area contributed by atoms with Crippen LogP contribution >= 0.6 is 0 Å². The minimum absolute atomic E-state index is 0.0767. The van der Waals surface area contributed by atoms with Crippen molar-refractivity contribution in [3.05, 3.63) is 92.0 Å². The van der Waals surface area contributed by atoms with Gasteiger partial charge < -0.3 is 19.5 Å². The lowest BCUT2D eigenvalue weighted by atomic mass is 10.1. The Morgan fingerprint density at radius 3 is 2.19 bits per heavy atom. The van der Waals surface area contributed by atoms with E-state index in [4.69, 9.17) is 14.2 Å². The van der Waals surface area contributed by atoms with E-state index >= 15 is 0 Å². The van der Waals surface area contributed by atoms with Crippen LogP contribution < -0.4 is 19.5 Å². The molecule has 0 aromatic heterocycles. The Morgan fingerprint density at radius 1 is 0.917 bits per heavy atom. The third-order valence-electron chi connectivity index (χ3n) is 4.78. The van der Waals surface area contributed by atoms with Gasteiger partial charge in [-0.3, -0.25) is 25.0 Å². The lowest BCUT2D eigenvalue weighted by Crippen LogP contribution is -2.13. The number of nitrogens with zero attached hydrogens (tertiary/aromatic N) is 3. The van der Waals surface area contributed by atoms with E-state index in [1.165, 1.54) is 38.5 Å². The zero-order chi connectivity index (χ0) is 26.2. The van der Waals surface area contributed by atoms with Crippen LogP contribution in [0.2, 0.25) is 0 Å². The summed E-state index contributed by atoms with van der Waals surface area (Å²) in [6, 6.07) is 15.8. The highest BCUT2D eigenvalue weighted by atomic mass is 16.6. The Bertz CT molecular complexity index is 1390. The number of carbonyl (C=O) groups is 1. The second-order valence-corrected chi connectivity index (χ2v) is 7.03. The molecule has 0 fully saturated rings. The molecule has 0 heterocycles. The lowest BCUT2D eigenvalue weighted by molar-refractivity contribution is -0.394. The molecule has 0 saturated carbocycles. The molecule has 12 heteroatoms. The minimum atomic E-state index is -0.799. The fourth-order valence-corrected chi connectivity index (χ4v) is 3.01. The van der Waals surface area contributed by atoms with Crippen molar-refractivity contribution in [2.75, 3.05) is 19.5 Å². The zero-order valence-corrected chi connectivity index (χ0v) is 19.0. The van der Waals surface area contributed by atoms with Gasteiger partial charge in [0, 0.05) is 11.8 Å². The Kier molecular flexibility index (Phi) is 7.78. The van der Waals surface area contributed by atoms with E-state index in [-0.39, 0.29) is 22.8 Å². The monoisotopic (exact) mass is 490 g/mol. The van der Waals surface area contributed by atoms with Gasteiger partial charge in [-0.2, -0.15) is 5.26 Å². The molecule has 3 rings (SSSR count). The molecule has 0 saturated heterocycles. The molecule has 182 valence electrons. The SMILES string of the molecule is COc1ccc(NC(=O)/C(C#N)=C\c2ccc(Oc3ccc([N+](=O)[O-])cc3[N+](=O)[O-])c(OC)c2)cc1. The molecule has 1 N–H and O–H groups in total. The summed E-state index contributed by atoms with van der Waals surface area (Å²) < 4.78 is 15.9. The van der Waals surface area contributed by atoms with E-state index in [0.29, 0.717) is 17.0 Å². The van der Waals surface area contributed by atoms with E-state index in [1.807, 2.05) is 6.07 Å². The molecule has 0 bridgehead atoms. The van der Waals surface area contributed by atoms with Crippen LogP contribution in [-0.2, 0) is 4.79 Å². The van der Waals surface area contributed by atoms with Crippen molar-refractivity contribution in [3.63, 3.8) is 0 Å². The summed E-state index contributed by atoms with van der Waals surface area (Å²) in [6.07, 6.45) is 1.33. The number of hydrogen-bond acceptors (Lipinski definition) is 9. The Hall–Kier alpha value is -5.44. The summed E-state index contributed by atoms with van der Waals surface area (Å²) >= 11 is 0. The van der Waals surface area contributed by atoms with Gasteiger partial charge in [0.05, 0.1) is 30.1 Å². The highest BCUT2D eigenvalue weighted by Gasteiger charge is 2.22. The van der Waals surface area contributed by atoms with Crippen LogP contribution in [-0.4, -0.2) is 30.0 Å². The molecule has 0 aliphatic carbocycles. The van der Waals surface area contributed by atoms with Gasteiger partial charge in [0.15, 0.2) is 11.5 Å². The number of nitro benzene ring substituents is 2. The largest absolute Gasteiger partial charge is 0.497 e. The number of anilines is 1. The van der Waals surface area contributed by atoms with E-state index in [9.17, 15) is 30.3 Å². The number of hydrogen-bond donors (Lipinski definition) is 1. The van der Waals surface area contributed by atoms with Gasteiger partial charge in [0.2, 0.25) is 5.75 Å². The van der Waals surface area contributed by atoms with Crippen LogP contribution in [0.15, 0.2) is 66.2 Å². The van der Waals surface area contributed by atoms with Crippen LogP contribution in [0.3, 0.4) is 0 Å². The molecule has 0 aliphatic heterocycles. The van der Waals surface area contributed by atoms with Crippen LogP contribution in [0, 0.1) is 31.6 Å². The Labute approximate surface area is 204 Å². The summed E-state index contributed by atoms with van der Waals surface area (Å²) in [7, 11) is 2.85. The second kappa shape index (κ2) is 11.1. The van der Waals surface area contributed by atoms with Crippen molar-refractivity contribution in [1.82, 2.24) is 0 Å². The third kappa shape index (κ3) is 5.91. The standard InChI is InChI=1S/C24H18N4O8/c1-34-19-7-4-17(5-8-19)26-24(29)16(14-25)11-15-3-9-22(23(12-15)35-2)36-21-10-6-18(27(30)31)13-20(21)28(32)33/h3-13H,1-2H3,(H,26,29)/b16-11-. The van der Waals surface area contributed by atoms with Gasteiger partial charge in [0.25, 0.3) is 11.6 Å². The highest BCUT2D eigenvalue weighted by Crippen LogP contribution is 2.38. The van der Waals surface area contributed by atoms with Crippen molar-refractivity contribution < 1.29 is 28.9 Å². The molecule has 36 heavy (non-hydrogen) atoms. The summed E-state index contributed by atoms with van der Waals surface area (Å²) in [5.41, 5.74) is -0.366. The maximum atomic E-state index is 12.5.